The Morgan fingerprint density at radius 1 is 0.862 bits per heavy atom. The van der Waals surface area contributed by atoms with Crippen LogP contribution in [0.2, 0.25) is 0 Å². The number of hydrogen-bond acceptors (Lipinski definition) is 0. The topological polar surface area (TPSA) is 0 Å². The number of unbranched alkanes of at least 4 members (excludes halogenated alkanes) is 1. The summed E-state index contributed by atoms with van der Waals surface area (Å²) in [5, 5.41) is 0. The average Bonchev–Trinajstić information content (AvgIpc) is 2.76. The van der Waals surface area contributed by atoms with E-state index >= 15 is 0 Å². The van der Waals surface area contributed by atoms with Crippen LogP contribution in [-0.4, -0.2) is 0 Å². The molecule has 1 unspecified atom stereocenters. The fourth-order valence-corrected chi connectivity index (χ4v) is 4.81. The number of benzene rings is 2. The molecule has 0 bridgehead atoms. The predicted octanol–water partition coefficient (Wildman–Crippen LogP) is 8.39. The molecule has 1 fully saturated rings. The van der Waals surface area contributed by atoms with Crippen molar-refractivity contribution in [1.82, 2.24) is 0 Å². The molecule has 0 nitrogen and oxygen atoms in total. The summed E-state index contributed by atoms with van der Waals surface area (Å²) in [5.41, 5.74) is 5.64. The van der Waals surface area contributed by atoms with Gasteiger partial charge in [-0.2, -0.15) is 0 Å². The van der Waals surface area contributed by atoms with Crippen LogP contribution in [0.1, 0.15) is 106 Å². The zero-order valence-electron chi connectivity index (χ0n) is 18.7. The monoisotopic (exact) mass is 386 g/mol. The van der Waals surface area contributed by atoms with Crippen molar-refractivity contribution in [3.8, 4) is 11.8 Å². The summed E-state index contributed by atoms with van der Waals surface area (Å²) < 4.78 is 0. The third-order valence-electron chi connectivity index (χ3n) is 6.63. The summed E-state index contributed by atoms with van der Waals surface area (Å²) in [5.74, 6) is 9.23. The fraction of sp³-hybridized carbons (Fsp3) is 0.517. The van der Waals surface area contributed by atoms with Crippen LogP contribution in [0.25, 0.3) is 0 Å². The molecule has 0 aromatic heterocycles. The van der Waals surface area contributed by atoms with Gasteiger partial charge in [0, 0.05) is 11.5 Å². The second-order valence-electron chi connectivity index (χ2n) is 8.94. The minimum atomic E-state index is 0.560. The summed E-state index contributed by atoms with van der Waals surface area (Å²) in [4.78, 5) is 0. The molecule has 2 aromatic carbocycles. The molecular formula is C29H38. The van der Waals surface area contributed by atoms with Crippen molar-refractivity contribution in [2.24, 2.45) is 5.92 Å². The van der Waals surface area contributed by atoms with E-state index in [1.807, 2.05) is 0 Å². The van der Waals surface area contributed by atoms with Crippen LogP contribution in [0.5, 0.6) is 0 Å². The molecule has 0 amide bonds. The molecule has 0 radical (unpaired) electrons. The number of hydrogen-bond donors (Lipinski definition) is 0. The smallest absolute Gasteiger partial charge is 0.0280 e. The molecular weight excluding hydrogens is 348 g/mol. The molecule has 0 spiro atoms. The van der Waals surface area contributed by atoms with Gasteiger partial charge in [-0.15, -0.1) is 0 Å². The standard InChI is InChI=1S/C29H38/c1-4-6-10-27(9-5-2)29-12-8-7-11-28(29)22-17-24-15-20-26(21-16-24)25-18-13-23(3)14-19-25/h7-8,11-14,18-19,24,26-27H,4-6,9-10,15-16,20-21H2,1-3H3/t24-,26-,27?. The van der Waals surface area contributed by atoms with Gasteiger partial charge in [-0.05, 0) is 74.5 Å². The van der Waals surface area contributed by atoms with Gasteiger partial charge in [-0.25, -0.2) is 0 Å². The Kier molecular flexibility index (Phi) is 8.42. The molecule has 0 saturated heterocycles. The normalized spacial score (nSPS) is 20.0. The van der Waals surface area contributed by atoms with Gasteiger partial charge >= 0.3 is 0 Å². The van der Waals surface area contributed by atoms with Gasteiger partial charge in [0.2, 0.25) is 0 Å². The van der Waals surface area contributed by atoms with Crippen LogP contribution in [0, 0.1) is 24.7 Å². The van der Waals surface area contributed by atoms with Crippen molar-refractivity contribution in [2.75, 3.05) is 0 Å². The summed E-state index contributed by atoms with van der Waals surface area (Å²) in [6, 6.07) is 18.1. The van der Waals surface area contributed by atoms with E-state index < -0.39 is 0 Å². The van der Waals surface area contributed by atoms with Gasteiger partial charge in [0.15, 0.2) is 0 Å². The molecule has 29 heavy (non-hydrogen) atoms. The van der Waals surface area contributed by atoms with Crippen LogP contribution < -0.4 is 0 Å². The molecule has 0 N–H and O–H groups in total. The van der Waals surface area contributed by atoms with Crippen molar-refractivity contribution >= 4 is 0 Å². The SMILES string of the molecule is CCCCC(CCC)c1ccccc1C#C[C@H]1CC[C@H](c2ccc(C)cc2)CC1. The van der Waals surface area contributed by atoms with Crippen molar-refractivity contribution in [3.05, 3.63) is 70.8 Å². The highest BCUT2D eigenvalue weighted by Gasteiger charge is 2.21. The molecule has 2 aromatic rings. The minimum absolute atomic E-state index is 0.560. The minimum Gasteiger partial charge on any atom is -0.0945 e. The Hall–Kier alpha value is -2.00. The second kappa shape index (κ2) is 11.3. The van der Waals surface area contributed by atoms with Crippen LogP contribution in [-0.2, 0) is 0 Å². The van der Waals surface area contributed by atoms with E-state index in [1.54, 1.807) is 0 Å². The Morgan fingerprint density at radius 3 is 2.28 bits per heavy atom. The zero-order valence-corrected chi connectivity index (χ0v) is 18.7. The molecule has 1 aliphatic rings. The Labute approximate surface area is 179 Å². The first-order chi connectivity index (χ1) is 14.2. The summed E-state index contributed by atoms with van der Waals surface area (Å²) in [6.07, 6.45) is 11.4. The van der Waals surface area contributed by atoms with Gasteiger partial charge in [-0.1, -0.05) is 93.0 Å². The first-order valence-corrected chi connectivity index (χ1v) is 11.9. The van der Waals surface area contributed by atoms with Crippen molar-refractivity contribution in [2.45, 2.75) is 90.4 Å². The van der Waals surface area contributed by atoms with E-state index in [0.717, 1.165) is 5.92 Å². The predicted molar refractivity (Wildman–Crippen MR) is 126 cm³/mol. The van der Waals surface area contributed by atoms with Gasteiger partial charge in [-0.3, -0.25) is 0 Å². The highest BCUT2D eigenvalue weighted by atomic mass is 14.3. The lowest BCUT2D eigenvalue weighted by atomic mass is 9.78. The highest BCUT2D eigenvalue weighted by Crippen LogP contribution is 2.36. The van der Waals surface area contributed by atoms with Crippen LogP contribution in [0.15, 0.2) is 48.5 Å². The Bertz CT molecular complexity index is 794. The van der Waals surface area contributed by atoms with Gasteiger partial charge in [0.1, 0.15) is 0 Å². The van der Waals surface area contributed by atoms with Crippen LogP contribution in [0.3, 0.4) is 0 Å². The van der Waals surface area contributed by atoms with Gasteiger partial charge in [0.05, 0.1) is 0 Å². The average molecular weight is 387 g/mol. The van der Waals surface area contributed by atoms with E-state index in [2.05, 4.69) is 81.1 Å². The zero-order chi connectivity index (χ0) is 20.5. The number of rotatable bonds is 7. The molecule has 3 rings (SSSR count). The molecule has 1 saturated carbocycles. The van der Waals surface area contributed by atoms with E-state index in [-0.39, 0.29) is 0 Å². The van der Waals surface area contributed by atoms with E-state index in [1.165, 1.54) is 80.0 Å². The molecule has 1 aliphatic carbocycles. The van der Waals surface area contributed by atoms with Gasteiger partial charge < -0.3 is 0 Å². The Morgan fingerprint density at radius 2 is 1.59 bits per heavy atom. The largest absolute Gasteiger partial charge is 0.0945 e. The molecule has 0 heteroatoms. The first-order valence-electron chi connectivity index (χ1n) is 11.9. The molecule has 0 aliphatic heterocycles. The second-order valence-corrected chi connectivity index (χ2v) is 8.94. The lowest BCUT2D eigenvalue weighted by molar-refractivity contribution is 0.384. The lowest BCUT2D eigenvalue weighted by Crippen LogP contribution is -2.12. The van der Waals surface area contributed by atoms with Crippen LogP contribution >= 0.6 is 0 Å². The van der Waals surface area contributed by atoms with Crippen molar-refractivity contribution < 1.29 is 0 Å². The van der Waals surface area contributed by atoms with E-state index in [0.29, 0.717) is 11.8 Å². The maximum atomic E-state index is 3.66. The lowest BCUT2D eigenvalue weighted by Gasteiger charge is -2.26. The highest BCUT2D eigenvalue weighted by molar-refractivity contribution is 5.43. The van der Waals surface area contributed by atoms with E-state index in [9.17, 15) is 0 Å². The summed E-state index contributed by atoms with van der Waals surface area (Å²) in [6.45, 7) is 6.77. The van der Waals surface area contributed by atoms with Gasteiger partial charge in [0.25, 0.3) is 0 Å². The fourth-order valence-electron chi connectivity index (χ4n) is 4.81. The number of aryl methyl sites for hydroxylation is 1. The third-order valence-corrected chi connectivity index (χ3v) is 6.63. The van der Waals surface area contributed by atoms with Crippen molar-refractivity contribution in [3.63, 3.8) is 0 Å². The molecule has 154 valence electrons. The quantitative estimate of drug-likeness (QED) is 0.419. The summed E-state index contributed by atoms with van der Waals surface area (Å²) in [7, 11) is 0. The molecule has 0 heterocycles. The van der Waals surface area contributed by atoms with E-state index in [4.69, 9.17) is 0 Å². The van der Waals surface area contributed by atoms with Crippen LogP contribution in [0.4, 0.5) is 0 Å². The molecule has 1 atom stereocenters. The first kappa shape index (κ1) is 21.7. The summed E-state index contributed by atoms with van der Waals surface area (Å²) >= 11 is 0. The maximum absolute atomic E-state index is 3.66. The van der Waals surface area contributed by atoms with Crippen molar-refractivity contribution in [1.29, 1.82) is 0 Å². The third kappa shape index (κ3) is 6.24. The maximum Gasteiger partial charge on any atom is 0.0280 e. The Balaban J connectivity index is 1.65.